The predicted molar refractivity (Wildman–Crippen MR) is 116 cm³/mol. The van der Waals surface area contributed by atoms with E-state index in [1.54, 1.807) is 6.26 Å². The first-order valence-corrected chi connectivity index (χ1v) is 10.3. The molecule has 1 amide bonds. The second-order valence-electron chi connectivity index (χ2n) is 7.97. The molecule has 0 aliphatic carbocycles. The van der Waals surface area contributed by atoms with E-state index in [9.17, 15) is 4.79 Å². The zero-order valence-electron chi connectivity index (χ0n) is 17.2. The number of carbonyl (C=O) groups is 1. The van der Waals surface area contributed by atoms with Gasteiger partial charge in [0.25, 0.3) is 5.91 Å². The topological polar surface area (TPSA) is 36.7 Å². The lowest BCUT2D eigenvalue weighted by Crippen LogP contribution is -2.47. The van der Waals surface area contributed by atoms with Gasteiger partial charge >= 0.3 is 0 Å². The van der Waals surface area contributed by atoms with Gasteiger partial charge in [0.2, 0.25) is 0 Å². The van der Waals surface area contributed by atoms with Crippen LogP contribution in [-0.2, 0) is 6.54 Å². The van der Waals surface area contributed by atoms with Gasteiger partial charge in [-0.2, -0.15) is 0 Å². The molecule has 1 saturated heterocycles. The molecule has 29 heavy (non-hydrogen) atoms. The fraction of sp³-hybridized carbons (Fsp3) is 0.320. The smallest absolute Gasteiger partial charge is 0.258 e. The van der Waals surface area contributed by atoms with Crippen LogP contribution in [0.5, 0.6) is 0 Å². The van der Waals surface area contributed by atoms with Crippen LogP contribution in [0.1, 0.15) is 40.1 Å². The molecule has 0 saturated carbocycles. The molecule has 1 aliphatic rings. The second-order valence-corrected chi connectivity index (χ2v) is 7.97. The summed E-state index contributed by atoms with van der Waals surface area (Å²) < 4.78 is 5.49. The number of hydrogen-bond donors (Lipinski definition) is 0. The van der Waals surface area contributed by atoms with Crippen molar-refractivity contribution in [2.45, 2.75) is 39.3 Å². The van der Waals surface area contributed by atoms with Crippen LogP contribution in [0.4, 0.5) is 5.69 Å². The Balaban J connectivity index is 1.54. The maximum Gasteiger partial charge on any atom is 0.258 e. The Labute approximate surface area is 172 Å². The van der Waals surface area contributed by atoms with Crippen molar-refractivity contribution in [1.29, 1.82) is 0 Å². The first-order chi connectivity index (χ1) is 14.1. The van der Waals surface area contributed by atoms with Crippen molar-refractivity contribution < 1.29 is 9.21 Å². The normalized spacial score (nSPS) is 15.4. The van der Waals surface area contributed by atoms with Gasteiger partial charge in [0.15, 0.2) is 0 Å². The molecular formula is C25H28N2O2. The lowest BCUT2D eigenvalue weighted by molar-refractivity contribution is 0.0956. The van der Waals surface area contributed by atoms with E-state index in [4.69, 9.17) is 4.42 Å². The van der Waals surface area contributed by atoms with Crippen molar-refractivity contribution in [1.82, 2.24) is 4.90 Å². The van der Waals surface area contributed by atoms with Crippen LogP contribution in [-0.4, -0.2) is 29.9 Å². The highest BCUT2D eigenvalue weighted by atomic mass is 16.3. The molecule has 0 bridgehead atoms. The van der Waals surface area contributed by atoms with E-state index in [1.807, 2.05) is 48.2 Å². The summed E-state index contributed by atoms with van der Waals surface area (Å²) in [4.78, 5) is 17.9. The molecule has 2 heterocycles. The van der Waals surface area contributed by atoms with Crippen LogP contribution in [0, 0.1) is 13.8 Å². The average molecular weight is 389 g/mol. The summed E-state index contributed by atoms with van der Waals surface area (Å²) in [6.07, 6.45) is 3.63. The largest absolute Gasteiger partial charge is 0.468 e. The van der Waals surface area contributed by atoms with Crippen molar-refractivity contribution in [3.05, 3.63) is 89.4 Å². The van der Waals surface area contributed by atoms with Gasteiger partial charge in [0.1, 0.15) is 5.76 Å². The van der Waals surface area contributed by atoms with Crippen LogP contribution in [0.25, 0.3) is 0 Å². The van der Waals surface area contributed by atoms with Gasteiger partial charge in [-0.3, -0.25) is 9.69 Å². The zero-order valence-corrected chi connectivity index (χ0v) is 17.2. The van der Waals surface area contributed by atoms with E-state index in [-0.39, 0.29) is 11.9 Å². The lowest BCUT2D eigenvalue weighted by Gasteiger charge is -2.38. The number of furan rings is 1. The van der Waals surface area contributed by atoms with Gasteiger partial charge in [-0.05, 0) is 63.1 Å². The first kappa shape index (κ1) is 19.5. The lowest BCUT2D eigenvalue weighted by atomic mass is 10.00. The summed E-state index contributed by atoms with van der Waals surface area (Å²) >= 11 is 0. The molecule has 0 N–H and O–H groups in total. The summed E-state index contributed by atoms with van der Waals surface area (Å²) in [5.74, 6) is 1.08. The van der Waals surface area contributed by atoms with Gasteiger partial charge in [-0.15, -0.1) is 0 Å². The fourth-order valence-corrected chi connectivity index (χ4v) is 4.08. The number of amides is 1. The van der Waals surface area contributed by atoms with E-state index < -0.39 is 0 Å². The maximum atomic E-state index is 13.5. The average Bonchev–Trinajstić information content (AvgIpc) is 3.24. The summed E-state index contributed by atoms with van der Waals surface area (Å²) in [6, 6.07) is 20.3. The van der Waals surface area contributed by atoms with Crippen LogP contribution in [0.3, 0.4) is 0 Å². The summed E-state index contributed by atoms with van der Waals surface area (Å²) in [6.45, 7) is 6.84. The third kappa shape index (κ3) is 4.60. The number of carbonyl (C=O) groups excluding carboxylic acids is 1. The van der Waals surface area contributed by atoms with Gasteiger partial charge in [-0.1, -0.05) is 35.4 Å². The molecule has 1 aromatic heterocycles. The molecular weight excluding hydrogens is 360 g/mol. The van der Waals surface area contributed by atoms with Crippen LogP contribution in [0.15, 0.2) is 71.3 Å². The molecule has 4 rings (SSSR count). The molecule has 0 spiro atoms. The van der Waals surface area contributed by atoms with Crippen molar-refractivity contribution in [3.63, 3.8) is 0 Å². The Morgan fingerprint density at radius 2 is 1.76 bits per heavy atom. The molecule has 3 aromatic rings. The van der Waals surface area contributed by atoms with E-state index in [0.29, 0.717) is 0 Å². The molecule has 2 aromatic carbocycles. The SMILES string of the molecule is Cc1ccc(N(C(=O)c2cccc(C)c2)C2CCN(Cc3ccco3)CC2)cc1. The highest BCUT2D eigenvalue weighted by Crippen LogP contribution is 2.27. The molecule has 4 heteroatoms. The minimum absolute atomic E-state index is 0.0852. The Morgan fingerprint density at radius 3 is 2.41 bits per heavy atom. The van der Waals surface area contributed by atoms with Gasteiger partial charge in [-0.25, -0.2) is 0 Å². The number of anilines is 1. The predicted octanol–water partition coefficient (Wildman–Crippen LogP) is 5.21. The van der Waals surface area contributed by atoms with Gasteiger partial charge < -0.3 is 9.32 Å². The quantitative estimate of drug-likeness (QED) is 0.602. The minimum atomic E-state index is 0.0852. The Morgan fingerprint density at radius 1 is 1.00 bits per heavy atom. The number of hydrogen-bond acceptors (Lipinski definition) is 3. The van der Waals surface area contributed by atoms with Gasteiger partial charge in [0.05, 0.1) is 12.8 Å². The van der Waals surface area contributed by atoms with Crippen LogP contribution >= 0.6 is 0 Å². The molecule has 0 atom stereocenters. The molecule has 1 fully saturated rings. The highest BCUT2D eigenvalue weighted by molar-refractivity contribution is 6.06. The monoisotopic (exact) mass is 388 g/mol. The zero-order chi connectivity index (χ0) is 20.2. The molecule has 150 valence electrons. The maximum absolute atomic E-state index is 13.5. The van der Waals surface area contributed by atoms with E-state index in [1.165, 1.54) is 5.56 Å². The van der Waals surface area contributed by atoms with Crippen molar-refractivity contribution in [3.8, 4) is 0 Å². The minimum Gasteiger partial charge on any atom is -0.468 e. The van der Waals surface area contributed by atoms with Crippen molar-refractivity contribution in [2.75, 3.05) is 18.0 Å². The second kappa shape index (κ2) is 8.66. The number of rotatable bonds is 5. The Bertz CT molecular complexity index is 939. The third-order valence-electron chi connectivity index (χ3n) is 5.68. The van der Waals surface area contributed by atoms with Crippen molar-refractivity contribution in [2.24, 2.45) is 0 Å². The molecule has 1 aliphatic heterocycles. The van der Waals surface area contributed by atoms with E-state index in [2.05, 4.69) is 36.1 Å². The number of benzene rings is 2. The Kier molecular flexibility index (Phi) is 5.81. The molecule has 0 radical (unpaired) electrons. The standard InChI is InChI=1S/C25H28N2O2/c1-19-8-10-22(11-9-19)27(25(28)21-6-3-5-20(2)17-21)23-12-14-26(15-13-23)18-24-7-4-16-29-24/h3-11,16-17,23H,12-15,18H2,1-2H3. The molecule has 0 unspecified atom stereocenters. The highest BCUT2D eigenvalue weighted by Gasteiger charge is 2.30. The van der Waals surface area contributed by atoms with E-state index in [0.717, 1.165) is 55.1 Å². The number of aryl methyl sites for hydroxylation is 2. The van der Waals surface area contributed by atoms with Crippen LogP contribution < -0.4 is 4.90 Å². The number of piperidine rings is 1. The van der Waals surface area contributed by atoms with E-state index >= 15 is 0 Å². The number of likely N-dealkylation sites (tertiary alicyclic amines) is 1. The molecule has 4 nitrogen and oxygen atoms in total. The fourth-order valence-electron chi connectivity index (χ4n) is 4.08. The Hall–Kier alpha value is -2.85. The summed E-state index contributed by atoms with van der Waals surface area (Å²) in [5, 5.41) is 0. The third-order valence-corrected chi connectivity index (χ3v) is 5.68. The van der Waals surface area contributed by atoms with Crippen molar-refractivity contribution >= 4 is 11.6 Å². The number of nitrogens with zero attached hydrogens (tertiary/aromatic N) is 2. The first-order valence-electron chi connectivity index (χ1n) is 10.3. The summed E-state index contributed by atoms with van der Waals surface area (Å²) in [7, 11) is 0. The summed E-state index contributed by atoms with van der Waals surface area (Å²) in [5.41, 5.74) is 4.04. The van der Waals surface area contributed by atoms with Gasteiger partial charge in [0, 0.05) is 30.4 Å². The van der Waals surface area contributed by atoms with Crippen LogP contribution in [0.2, 0.25) is 0 Å².